The maximum Gasteiger partial charge on any atom is 0.354 e. The van der Waals surface area contributed by atoms with Gasteiger partial charge in [-0.3, -0.25) is 4.79 Å². The Labute approximate surface area is 171 Å². The van der Waals surface area contributed by atoms with Gasteiger partial charge in [0.15, 0.2) is 0 Å². The minimum absolute atomic E-state index is 0.0457. The topological polar surface area (TPSA) is 117 Å². The molecule has 0 aliphatic rings. The summed E-state index contributed by atoms with van der Waals surface area (Å²) in [6.07, 6.45) is 4.71. The summed E-state index contributed by atoms with van der Waals surface area (Å²) in [5, 5.41) is 16.9. The second-order valence-corrected chi connectivity index (χ2v) is 6.48. The fraction of sp³-hybridized carbons (Fsp3) is 0.0455. The number of carboxylic acids is 1. The van der Waals surface area contributed by atoms with Crippen molar-refractivity contribution in [2.24, 2.45) is 0 Å². The quantitative estimate of drug-likeness (QED) is 0.453. The number of pyridine rings is 3. The highest BCUT2D eigenvalue weighted by atomic mass is 16.4. The van der Waals surface area contributed by atoms with Gasteiger partial charge in [-0.15, -0.1) is 0 Å². The van der Waals surface area contributed by atoms with E-state index in [-0.39, 0.29) is 18.1 Å². The molecule has 0 saturated heterocycles. The minimum atomic E-state index is -1.10. The van der Waals surface area contributed by atoms with E-state index in [4.69, 9.17) is 5.11 Å². The van der Waals surface area contributed by atoms with Crippen LogP contribution >= 0.6 is 0 Å². The van der Waals surface area contributed by atoms with E-state index in [2.05, 4.69) is 25.6 Å². The molecular formula is C22H17N5O3. The van der Waals surface area contributed by atoms with Gasteiger partial charge in [0.1, 0.15) is 17.3 Å². The number of hydrogen-bond acceptors (Lipinski definition) is 6. The molecular weight excluding hydrogens is 382 g/mol. The first-order chi connectivity index (χ1) is 14.6. The van der Waals surface area contributed by atoms with Crippen molar-refractivity contribution in [2.45, 2.75) is 6.54 Å². The van der Waals surface area contributed by atoms with Crippen molar-refractivity contribution < 1.29 is 14.7 Å². The Morgan fingerprint density at radius 3 is 2.57 bits per heavy atom. The van der Waals surface area contributed by atoms with Crippen LogP contribution in [0, 0.1) is 0 Å². The normalized spacial score (nSPS) is 10.5. The van der Waals surface area contributed by atoms with E-state index in [1.807, 2.05) is 24.3 Å². The van der Waals surface area contributed by atoms with Crippen molar-refractivity contribution in [1.82, 2.24) is 15.0 Å². The Balaban J connectivity index is 1.51. The van der Waals surface area contributed by atoms with Crippen LogP contribution in [-0.2, 0) is 6.54 Å². The molecule has 0 atom stereocenters. The first-order valence-electron chi connectivity index (χ1n) is 9.13. The number of fused-ring (bicyclic) bond motifs is 1. The second-order valence-electron chi connectivity index (χ2n) is 6.48. The largest absolute Gasteiger partial charge is 0.477 e. The lowest BCUT2D eigenvalue weighted by Gasteiger charge is -2.11. The molecule has 0 fully saturated rings. The number of anilines is 2. The molecule has 30 heavy (non-hydrogen) atoms. The lowest BCUT2D eigenvalue weighted by molar-refractivity contribution is 0.0690. The van der Waals surface area contributed by atoms with Gasteiger partial charge in [0.25, 0.3) is 5.91 Å². The molecule has 4 rings (SSSR count). The van der Waals surface area contributed by atoms with Crippen LogP contribution in [-0.4, -0.2) is 31.9 Å². The highest BCUT2D eigenvalue weighted by molar-refractivity contribution is 6.07. The predicted molar refractivity (Wildman–Crippen MR) is 112 cm³/mol. The smallest absolute Gasteiger partial charge is 0.354 e. The van der Waals surface area contributed by atoms with E-state index < -0.39 is 5.97 Å². The fourth-order valence-corrected chi connectivity index (χ4v) is 2.95. The van der Waals surface area contributed by atoms with Crippen molar-refractivity contribution in [3.63, 3.8) is 0 Å². The summed E-state index contributed by atoms with van der Waals surface area (Å²) in [5.41, 5.74) is 1.01. The van der Waals surface area contributed by atoms with Gasteiger partial charge >= 0.3 is 5.97 Å². The molecule has 3 aromatic heterocycles. The minimum Gasteiger partial charge on any atom is -0.477 e. The van der Waals surface area contributed by atoms with Crippen LogP contribution in [0.1, 0.15) is 26.4 Å². The third-order valence-corrected chi connectivity index (χ3v) is 4.43. The highest BCUT2D eigenvalue weighted by Gasteiger charge is 2.14. The third-order valence-electron chi connectivity index (χ3n) is 4.43. The number of benzene rings is 1. The van der Waals surface area contributed by atoms with Gasteiger partial charge in [0.05, 0.1) is 5.56 Å². The number of amides is 1. The van der Waals surface area contributed by atoms with Crippen LogP contribution in [0.15, 0.2) is 73.2 Å². The van der Waals surface area contributed by atoms with Gasteiger partial charge in [-0.25, -0.2) is 19.7 Å². The molecule has 0 saturated carbocycles. The molecule has 0 aliphatic carbocycles. The maximum absolute atomic E-state index is 12.8. The molecule has 8 heteroatoms. The van der Waals surface area contributed by atoms with Crippen molar-refractivity contribution in [1.29, 1.82) is 0 Å². The summed E-state index contributed by atoms with van der Waals surface area (Å²) in [6, 6.07) is 16.0. The number of rotatable bonds is 6. The Kier molecular flexibility index (Phi) is 5.29. The number of nitrogens with zero attached hydrogens (tertiary/aromatic N) is 3. The third kappa shape index (κ3) is 4.22. The number of carboxylic acid groups (broad SMARTS) is 1. The van der Waals surface area contributed by atoms with E-state index in [1.165, 1.54) is 12.3 Å². The van der Waals surface area contributed by atoms with Gasteiger partial charge in [0.2, 0.25) is 0 Å². The molecule has 0 aliphatic heterocycles. The lowest BCUT2D eigenvalue weighted by atomic mass is 10.2. The van der Waals surface area contributed by atoms with Crippen LogP contribution < -0.4 is 10.6 Å². The van der Waals surface area contributed by atoms with Crippen LogP contribution in [0.2, 0.25) is 0 Å². The Bertz CT molecular complexity index is 1240. The molecule has 1 aromatic carbocycles. The molecule has 3 heterocycles. The van der Waals surface area contributed by atoms with E-state index in [9.17, 15) is 9.59 Å². The molecule has 3 N–H and O–H groups in total. The van der Waals surface area contributed by atoms with E-state index in [0.29, 0.717) is 22.8 Å². The maximum atomic E-state index is 12.8. The predicted octanol–water partition coefficient (Wildman–Crippen LogP) is 3.59. The number of hydrogen-bond donors (Lipinski definition) is 3. The van der Waals surface area contributed by atoms with Crippen LogP contribution in [0.3, 0.4) is 0 Å². The second kappa shape index (κ2) is 8.36. The molecule has 0 spiro atoms. The van der Waals surface area contributed by atoms with E-state index in [0.717, 1.165) is 10.8 Å². The first-order valence-corrected chi connectivity index (χ1v) is 9.13. The molecule has 148 valence electrons. The van der Waals surface area contributed by atoms with Gasteiger partial charge in [-0.05, 0) is 41.3 Å². The summed E-state index contributed by atoms with van der Waals surface area (Å²) >= 11 is 0. The molecule has 0 radical (unpaired) electrons. The van der Waals surface area contributed by atoms with Gasteiger partial charge in [-0.1, -0.05) is 24.3 Å². The summed E-state index contributed by atoms with van der Waals surface area (Å²) in [4.78, 5) is 36.2. The van der Waals surface area contributed by atoms with E-state index >= 15 is 0 Å². The molecule has 0 bridgehead atoms. The standard InChI is InChI=1S/C22H17N5O3/c28-21(27-19-11-15-4-1-2-5-16(15)13-25-19)17-6-3-8-24-20(17)26-12-14-7-9-23-18(10-14)22(29)30/h1-11,13H,12H2,(H,24,26)(H,29,30)(H,25,27,28). The molecule has 8 nitrogen and oxygen atoms in total. The number of aromatic carboxylic acids is 1. The Morgan fingerprint density at radius 1 is 0.900 bits per heavy atom. The highest BCUT2D eigenvalue weighted by Crippen LogP contribution is 2.19. The molecule has 0 unspecified atom stereocenters. The number of aromatic nitrogens is 3. The number of carbonyl (C=O) groups excluding carboxylic acids is 1. The average Bonchev–Trinajstić information content (AvgIpc) is 2.78. The zero-order chi connectivity index (χ0) is 20.9. The van der Waals surface area contributed by atoms with Crippen molar-refractivity contribution in [3.8, 4) is 0 Å². The summed E-state index contributed by atoms with van der Waals surface area (Å²) < 4.78 is 0. The summed E-state index contributed by atoms with van der Waals surface area (Å²) in [6.45, 7) is 0.286. The van der Waals surface area contributed by atoms with Gasteiger partial charge < -0.3 is 15.7 Å². The molecule has 4 aromatic rings. The first kappa shape index (κ1) is 19.0. The van der Waals surface area contributed by atoms with Crippen molar-refractivity contribution >= 4 is 34.3 Å². The Hall–Kier alpha value is -4.33. The zero-order valence-electron chi connectivity index (χ0n) is 15.7. The summed E-state index contributed by atoms with van der Waals surface area (Å²) in [7, 11) is 0. The van der Waals surface area contributed by atoms with Crippen molar-refractivity contribution in [2.75, 3.05) is 10.6 Å². The molecule has 1 amide bonds. The number of carbonyl (C=O) groups is 2. The van der Waals surface area contributed by atoms with Crippen LogP contribution in [0.25, 0.3) is 10.8 Å². The van der Waals surface area contributed by atoms with Crippen LogP contribution in [0.5, 0.6) is 0 Å². The van der Waals surface area contributed by atoms with Crippen molar-refractivity contribution in [3.05, 3.63) is 90.0 Å². The average molecular weight is 399 g/mol. The number of nitrogens with one attached hydrogen (secondary N) is 2. The lowest BCUT2D eigenvalue weighted by Crippen LogP contribution is -2.16. The SMILES string of the molecule is O=C(O)c1cc(CNc2ncccc2C(=O)Nc2cc3ccccc3cn2)ccn1. The van der Waals surface area contributed by atoms with Crippen LogP contribution in [0.4, 0.5) is 11.6 Å². The Morgan fingerprint density at radius 2 is 1.73 bits per heavy atom. The monoisotopic (exact) mass is 399 g/mol. The van der Waals surface area contributed by atoms with E-state index in [1.54, 1.807) is 36.7 Å². The zero-order valence-corrected chi connectivity index (χ0v) is 15.7. The fourth-order valence-electron chi connectivity index (χ4n) is 2.95. The summed E-state index contributed by atoms with van der Waals surface area (Å²) in [5.74, 6) is -0.634. The van der Waals surface area contributed by atoms with Gasteiger partial charge in [-0.2, -0.15) is 0 Å². The van der Waals surface area contributed by atoms with Gasteiger partial charge in [0, 0.05) is 30.5 Å².